The third-order valence-corrected chi connectivity index (χ3v) is 11.7. The average Bonchev–Trinajstić information content (AvgIpc) is 3.82. The second-order valence-electron chi connectivity index (χ2n) is 18.8. The summed E-state index contributed by atoms with van der Waals surface area (Å²) in [7, 11) is 0. The van der Waals surface area contributed by atoms with Gasteiger partial charge < -0.3 is 9.64 Å². The number of hydrogen-bond acceptors (Lipinski definition) is 4. The van der Waals surface area contributed by atoms with Crippen LogP contribution in [0.3, 0.4) is 0 Å². The Morgan fingerprint density at radius 2 is 1.30 bits per heavy atom. The largest absolute Gasteiger partial charge is 0.457 e. The quantitative estimate of drug-likeness (QED) is 0.177. The zero-order chi connectivity index (χ0) is 39.1. The van der Waals surface area contributed by atoms with Crippen molar-refractivity contribution in [3.05, 3.63) is 166 Å². The van der Waals surface area contributed by atoms with Crippen LogP contribution in [0.5, 0.6) is 11.5 Å². The van der Waals surface area contributed by atoms with E-state index in [1.165, 1.54) is 44.2 Å². The van der Waals surface area contributed by atoms with Crippen molar-refractivity contribution >= 4 is 27.6 Å². The maximum atomic E-state index is 6.94. The predicted molar refractivity (Wildman–Crippen MR) is 232 cm³/mol. The van der Waals surface area contributed by atoms with E-state index in [0.717, 1.165) is 46.3 Å². The monoisotopic (exact) mass is 736 g/mol. The van der Waals surface area contributed by atoms with Crippen LogP contribution in [-0.2, 0) is 22.8 Å². The van der Waals surface area contributed by atoms with Crippen molar-refractivity contribution in [2.45, 2.75) is 97.2 Å². The molecule has 282 valence electrons. The number of nitrogens with zero attached hydrogens (tertiary/aromatic N) is 4. The number of pyridine rings is 1. The maximum absolute atomic E-state index is 6.94. The second kappa shape index (κ2) is 12.9. The van der Waals surface area contributed by atoms with Gasteiger partial charge in [-0.15, -0.1) is 0 Å². The molecule has 0 radical (unpaired) electrons. The minimum Gasteiger partial charge on any atom is -0.457 e. The van der Waals surface area contributed by atoms with E-state index in [0.29, 0.717) is 0 Å². The van der Waals surface area contributed by atoms with Gasteiger partial charge in [-0.2, -0.15) is 0 Å². The molecule has 7 aromatic rings. The van der Waals surface area contributed by atoms with Gasteiger partial charge in [-0.3, -0.25) is 9.56 Å². The summed E-state index contributed by atoms with van der Waals surface area (Å²) in [6, 6.07) is 44.2. The molecule has 2 aliphatic heterocycles. The average molecular weight is 737 g/mol. The van der Waals surface area contributed by atoms with Gasteiger partial charge in [-0.1, -0.05) is 123 Å². The smallest absolute Gasteiger partial charge is 0.137 e. The summed E-state index contributed by atoms with van der Waals surface area (Å²) in [6.45, 7) is 21.2. The summed E-state index contributed by atoms with van der Waals surface area (Å²) >= 11 is 0. The van der Waals surface area contributed by atoms with Crippen LogP contribution in [-0.4, -0.2) is 20.3 Å². The summed E-state index contributed by atoms with van der Waals surface area (Å²) in [5, 5.41) is 2.39. The third-order valence-electron chi connectivity index (χ3n) is 11.7. The lowest BCUT2D eigenvalue weighted by molar-refractivity contribution is 0.341. The number of aliphatic imine (C=N–C) groups is 1. The topological polar surface area (TPSA) is 42.6 Å². The SMILES string of the molecule is CC(C)(C)c1cc(Oc2ccc3c4cc(C(C)(C)C)ccc4n(-c4cc(C(C)(C)C)ccn4)c3c2)cc(C2=N[C@H](c3ccccc3)[C@@H]3c4ccccc4CN23)c1. The van der Waals surface area contributed by atoms with Gasteiger partial charge in [0.25, 0.3) is 0 Å². The van der Waals surface area contributed by atoms with E-state index >= 15 is 0 Å². The molecule has 0 amide bonds. The molecule has 0 aliphatic carbocycles. The molecule has 0 saturated heterocycles. The molecule has 5 nitrogen and oxygen atoms in total. The number of amidine groups is 1. The van der Waals surface area contributed by atoms with Crippen molar-refractivity contribution in [1.29, 1.82) is 0 Å². The highest BCUT2D eigenvalue weighted by atomic mass is 16.5. The van der Waals surface area contributed by atoms with Gasteiger partial charge in [0.15, 0.2) is 0 Å². The van der Waals surface area contributed by atoms with E-state index in [-0.39, 0.29) is 28.3 Å². The minimum absolute atomic E-state index is 0.00559. The number of fused-ring (bicyclic) bond motifs is 6. The molecular weight excluding hydrogens is 685 g/mol. The molecule has 0 unspecified atom stereocenters. The van der Waals surface area contributed by atoms with E-state index in [1.54, 1.807) is 0 Å². The molecule has 2 atom stereocenters. The number of benzene rings is 5. The molecule has 0 fully saturated rings. The molecular formula is C51H52N4O. The van der Waals surface area contributed by atoms with Crippen molar-refractivity contribution in [2.75, 3.05) is 0 Å². The van der Waals surface area contributed by atoms with Crippen LogP contribution in [0.4, 0.5) is 0 Å². The summed E-state index contributed by atoms with van der Waals surface area (Å²) in [5.74, 6) is 3.51. The van der Waals surface area contributed by atoms with Gasteiger partial charge >= 0.3 is 0 Å². The lowest BCUT2D eigenvalue weighted by Crippen LogP contribution is -2.26. The predicted octanol–water partition coefficient (Wildman–Crippen LogP) is 12.9. The fraction of sp³-hybridized carbons (Fsp3) is 0.294. The molecule has 0 saturated carbocycles. The first-order chi connectivity index (χ1) is 26.6. The Morgan fingerprint density at radius 1 is 0.589 bits per heavy atom. The van der Waals surface area contributed by atoms with Crippen LogP contribution < -0.4 is 4.74 Å². The summed E-state index contributed by atoms with van der Waals surface area (Å²) in [5.41, 5.74) is 10.9. The molecule has 0 bridgehead atoms. The highest BCUT2D eigenvalue weighted by molar-refractivity contribution is 6.10. The lowest BCUT2D eigenvalue weighted by Gasteiger charge is -2.25. The fourth-order valence-electron chi connectivity index (χ4n) is 8.53. The first-order valence-corrected chi connectivity index (χ1v) is 20.0. The number of ether oxygens (including phenoxy) is 1. The van der Waals surface area contributed by atoms with Gasteiger partial charge in [0, 0.05) is 35.1 Å². The zero-order valence-electron chi connectivity index (χ0n) is 34.2. The first kappa shape index (κ1) is 36.0. The lowest BCUT2D eigenvalue weighted by atomic mass is 9.86. The zero-order valence-corrected chi connectivity index (χ0v) is 34.2. The highest BCUT2D eigenvalue weighted by Gasteiger charge is 2.43. The van der Waals surface area contributed by atoms with Crippen molar-refractivity contribution in [2.24, 2.45) is 4.99 Å². The van der Waals surface area contributed by atoms with Gasteiger partial charge in [0.05, 0.1) is 17.1 Å². The Hall–Kier alpha value is -5.68. The second-order valence-corrected chi connectivity index (χ2v) is 18.8. The van der Waals surface area contributed by atoms with Crippen molar-refractivity contribution < 1.29 is 4.74 Å². The van der Waals surface area contributed by atoms with Crippen LogP contribution in [0.25, 0.3) is 27.6 Å². The van der Waals surface area contributed by atoms with E-state index in [4.69, 9.17) is 14.7 Å². The molecule has 0 spiro atoms. The van der Waals surface area contributed by atoms with Crippen LogP contribution in [0.1, 0.15) is 113 Å². The molecule has 5 aromatic carbocycles. The molecule has 4 heterocycles. The summed E-state index contributed by atoms with van der Waals surface area (Å²) < 4.78 is 9.25. The Balaban J connectivity index is 1.17. The highest BCUT2D eigenvalue weighted by Crippen LogP contribution is 2.49. The van der Waals surface area contributed by atoms with Crippen LogP contribution in [0, 0.1) is 0 Å². The maximum Gasteiger partial charge on any atom is 0.137 e. The van der Waals surface area contributed by atoms with E-state index in [2.05, 4.69) is 193 Å². The number of aromatic nitrogens is 2. The number of hydrogen-bond donors (Lipinski definition) is 0. The molecule has 5 heteroatoms. The van der Waals surface area contributed by atoms with Gasteiger partial charge in [0.2, 0.25) is 0 Å². The molecule has 2 aromatic heterocycles. The van der Waals surface area contributed by atoms with E-state index < -0.39 is 0 Å². The van der Waals surface area contributed by atoms with E-state index in [1.807, 2.05) is 6.20 Å². The molecule has 9 rings (SSSR count). The number of rotatable bonds is 5. The van der Waals surface area contributed by atoms with Gasteiger partial charge in [-0.25, -0.2) is 4.98 Å². The standard InChI is InChI=1S/C51H52N4O/c1-49(2,3)35-19-22-43-42(28-35)41-21-20-38(30-44(41)55(43)45-29-36(23-24-52-45)50(4,5)6)56-39-26-34(25-37(27-39)51(7,8)9)48-53-46(32-15-11-10-12-16-32)47-40-18-14-13-17-33(40)31-54(47)48/h10-30,46-47H,31H2,1-9H3/t46-,47+/m1/s1. The van der Waals surface area contributed by atoms with Gasteiger partial charge in [0.1, 0.15) is 29.2 Å². The Labute approximate surface area is 331 Å². The van der Waals surface area contributed by atoms with Crippen molar-refractivity contribution in [3.8, 4) is 17.3 Å². The van der Waals surface area contributed by atoms with Crippen LogP contribution in [0.2, 0.25) is 0 Å². The Kier molecular flexibility index (Phi) is 8.32. The Morgan fingerprint density at radius 3 is 2.05 bits per heavy atom. The normalized spacial score (nSPS) is 17.0. The van der Waals surface area contributed by atoms with Crippen LogP contribution >= 0.6 is 0 Å². The van der Waals surface area contributed by atoms with E-state index in [9.17, 15) is 0 Å². The van der Waals surface area contributed by atoms with Gasteiger partial charge in [-0.05, 0) is 104 Å². The van der Waals surface area contributed by atoms with Crippen molar-refractivity contribution in [1.82, 2.24) is 14.5 Å². The summed E-state index contributed by atoms with van der Waals surface area (Å²) in [4.78, 5) is 13.0. The first-order valence-electron chi connectivity index (χ1n) is 20.0. The third kappa shape index (κ3) is 6.27. The summed E-state index contributed by atoms with van der Waals surface area (Å²) in [6.07, 6.45) is 1.94. The minimum atomic E-state index is -0.107. The molecule has 0 N–H and O–H groups in total. The molecule has 2 aliphatic rings. The van der Waals surface area contributed by atoms with Crippen LogP contribution in [0.15, 0.2) is 133 Å². The Bertz CT molecular complexity index is 2660. The van der Waals surface area contributed by atoms with Crippen molar-refractivity contribution in [3.63, 3.8) is 0 Å². The molecule has 56 heavy (non-hydrogen) atoms. The fourth-order valence-corrected chi connectivity index (χ4v) is 8.53.